The molecule has 0 fully saturated rings. The van der Waals surface area contributed by atoms with E-state index in [2.05, 4.69) is 12.0 Å². The summed E-state index contributed by atoms with van der Waals surface area (Å²) in [7, 11) is 0. The van der Waals surface area contributed by atoms with Crippen LogP contribution in [0.25, 0.3) is 16.9 Å². The van der Waals surface area contributed by atoms with Gasteiger partial charge in [0.1, 0.15) is 0 Å². The molecular formula is C24H26FN3O2. The molecule has 156 valence electrons. The minimum atomic E-state index is -0.483. The van der Waals surface area contributed by atoms with Crippen molar-refractivity contribution in [3.63, 3.8) is 0 Å². The molecule has 0 unspecified atom stereocenters. The van der Waals surface area contributed by atoms with E-state index >= 15 is 0 Å². The first-order chi connectivity index (χ1) is 14.5. The quantitative estimate of drug-likeness (QED) is 0.388. The average molecular weight is 407 g/mol. The van der Waals surface area contributed by atoms with Gasteiger partial charge in [-0.3, -0.25) is 4.79 Å². The van der Waals surface area contributed by atoms with Crippen LogP contribution in [0.4, 0.5) is 4.39 Å². The molecule has 0 amide bonds. The average Bonchev–Trinajstić information content (AvgIpc) is 2.77. The molecule has 1 heterocycles. The third-order valence-corrected chi connectivity index (χ3v) is 5.08. The van der Waals surface area contributed by atoms with Crippen molar-refractivity contribution < 1.29 is 9.13 Å². The Bertz CT molecular complexity index is 1060. The van der Waals surface area contributed by atoms with Gasteiger partial charge in [0.2, 0.25) is 0 Å². The van der Waals surface area contributed by atoms with E-state index in [-0.39, 0.29) is 17.2 Å². The predicted molar refractivity (Wildman–Crippen MR) is 117 cm³/mol. The second kappa shape index (κ2) is 9.96. The molecule has 0 radical (unpaired) electrons. The number of ether oxygens (including phenoxy) is 1. The Morgan fingerprint density at radius 3 is 2.63 bits per heavy atom. The van der Waals surface area contributed by atoms with Gasteiger partial charge in [0.05, 0.1) is 18.0 Å². The molecule has 0 aliphatic heterocycles. The van der Waals surface area contributed by atoms with Crippen LogP contribution >= 0.6 is 0 Å². The molecule has 30 heavy (non-hydrogen) atoms. The Labute approximate surface area is 175 Å². The summed E-state index contributed by atoms with van der Waals surface area (Å²) in [6.07, 6.45) is 2.27. The zero-order valence-electron chi connectivity index (χ0n) is 17.3. The summed E-state index contributed by atoms with van der Waals surface area (Å²) in [5.74, 6) is -0.0401. The van der Waals surface area contributed by atoms with Crippen molar-refractivity contribution in [2.75, 3.05) is 6.61 Å². The third kappa shape index (κ3) is 5.20. The largest absolute Gasteiger partial charge is 0.491 e. The number of hydrogen-bond donors (Lipinski definition) is 1. The molecule has 0 aliphatic carbocycles. The first-order valence-corrected chi connectivity index (χ1v) is 10.2. The van der Waals surface area contributed by atoms with Gasteiger partial charge in [-0.25, -0.2) is 4.39 Å². The Morgan fingerprint density at radius 2 is 1.93 bits per heavy atom. The summed E-state index contributed by atoms with van der Waals surface area (Å²) >= 11 is 0. The van der Waals surface area contributed by atoms with Gasteiger partial charge in [-0.1, -0.05) is 32.0 Å². The fourth-order valence-electron chi connectivity index (χ4n) is 3.03. The predicted octanol–water partition coefficient (Wildman–Crippen LogP) is 5.26. The number of hydrogen-bond acceptors (Lipinski definition) is 4. The van der Waals surface area contributed by atoms with Gasteiger partial charge < -0.3 is 10.1 Å². The highest BCUT2D eigenvalue weighted by Crippen LogP contribution is 2.24. The monoisotopic (exact) mass is 407 g/mol. The smallest absolute Gasteiger partial charge is 0.271 e. The standard InChI is InChI=1S/C24H26FN3O2/c1-3-17(2)21(26)10-7-15-30-23-13-11-18(16-20(23)25)22-12-14-24(29)28(27-22)19-8-5-4-6-9-19/h4-6,8-9,11-14,16-17,26H,3,7,10,15H2,1-2H3/t17-/m1/s1. The summed E-state index contributed by atoms with van der Waals surface area (Å²) in [6, 6.07) is 16.7. The van der Waals surface area contributed by atoms with E-state index in [1.165, 1.54) is 16.8 Å². The van der Waals surface area contributed by atoms with Crippen LogP contribution in [0.3, 0.4) is 0 Å². The van der Waals surface area contributed by atoms with Crippen molar-refractivity contribution in [2.45, 2.75) is 33.1 Å². The van der Waals surface area contributed by atoms with Crippen LogP contribution in [0.1, 0.15) is 33.1 Å². The number of benzene rings is 2. The van der Waals surface area contributed by atoms with Gasteiger partial charge in [0, 0.05) is 17.3 Å². The van der Waals surface area contributed by atoms with Crippen LogP contribution in [-0.4, -0.2) is 22.1 Å². The van der Waals surface area contributed by atoms with Crippen molar-refractivity contribution in [2.24, 2.45) is 5.92 Å². The number of halogens is 1. The zero-order valence-corrected chi connectivity index (χ0v) is 17.3. The van der Waals surface area contributed by atoms with E-state index in [0.29, 0.717) is 42.1 Å². The molecule has 6 heteroatoms. The number of aromatic nitrogens is 2. The second-order valence-corrected chi connectivity index (χ2v) is 7.24. The van der Waals surface area contributed by atoms with Crippen molar-refractivity contribution in [1.82, 2.24) is 9.78 Å². The van der Waals surface area contributed by atoms with Gasteiger partial charge in [-0.2, -0.15) is 9.78 Å². The van der Waals surface area contributed by atoms with Crippen LogP contribution in [-0.2, 0) is 0 Å². The topological polar surface area (TPSA) is 68.0 Å². The maximum absolute atomic E-state index is 14.5. The lowest BCUT2D eigenvalue weighted by Gasteiger charge is -2.12. The van der Waals surface area contributed by atoms with Crippen LogP contribution in [0.5, 0.6) is 5.75 Å². The fourth-order valence-corrected chi connectivity index (χ4v) is 3.03. The van der Waals surface area contributed by atoms with Gasteiger partial charge in [0.25, 0.3) is 5.56 Å². The highest BCUT2D eigenvalue weighted by atomic mass is 19.1. The van der Waals surface area contributed by atoms with Gasteiger partial charge in [-0.05, 0) is 61.6 Å². The van der Waals surface area contributed by atoms with Crippen molar-refractivity contribution in [3.05, 3.63) is 76.8 Å². The van der Waals surface area contributed by atoms with Crippen LogP contribution in [0.2, 0.25) is 0 Å². The summed E-state index contributed by atoms with van der Waals surface area (Å²) in [6.45, 7) is 4.45. The summed E-state index contributed by atoms with van der Waals surface area (Å²) in [5.41, 5.74) is 2.14. The van der Waals surface area contributed by atoms with Gasteiger partial charge in [-0.15, -0.1) is 0 Å². The van der Waals surface area contributed by atoms with Gasteiger partial charge >= 0.3 is 0 Å². The third-order valence-electron chi connectivity index (χ3n) is 5.08. The Balaban J connectivity index is 1.70. The normalized spacial score (nSPS) is 11.8. The number of nitrogens with one attached hydrogen (secondary N) is 1. The SMILES string of the molecule is CC[C@@H](C)C(=N)CCCOc1ccc(-c2ccc(=O)n(-c3ccccc3)n2)cc1F. The second-order valence-electron chi connectivity index (χ2n) is 7.24. The van der Waals surface area contributed by atoms with Gasteiger partial charge in [0.15, 0.2) is 11.6 Å². The highest BCUT2D eigenvalue weighted by Gasteiger charge is 2.10. The Hall–Kier alpha value is -3.28. The molecule has 1 atom stereocenters. The molecule has 2 aromatic carbocycles. The van der Waals surface area contributed by atoms with Crippen molar-refractivity contribution in [1.29, 1.82) is 5.41 Å². The summed E-state index contributed by atoms with van der Waals surface area (Å²) < 4.78 is 21.4. The van der Waals surface area contributed by atoms with Crippen LogP contribution < -0.4 is 10.3 Å². The summed E-state index contributed by atoms with van der Waals surface area (Å²) in [4.78, 5) is 12.2. The van der Waals surface area contributed by atoms with E-state index in [9.17, 15) is 9.18 Å². The van der Waals surface area contributed by atoms with E-state index in [0.717, 1.165) is 6.42 Å². The molecule has 0 saturated carbocycles. The van der Waals surface area contributed by atoms with E-state index in [1.54, 1.807) is 30.3 Å². The molecule has 0 bridgehead atoms. The molecule has 5 nitrogen and oxygen atoms in total. The highest BCUT2D eigenvalue weighted by molar-refractivity contribution is 5.83. The number of nitrogens with zero attached hydrogens (tertiary/aromatic N) is 2. The lowest BCUT2D eigenvalue weighted by Crippen LogP contribution is -2.20. The molecule has 1 N–H and O–H groups in total. The summed E-state index contributed by atoms with van der Waals surface area (Å²) in [5, 5.41) is 12.4. The molecule has 1 aromatic heterocycles. The maximum atomic E-state index is 14.5. The molecule has 0 aliphatic rings. The van der Waals surface area contributed by atoms with E-state index in [4.69, 9.17) is 10.1 Å². The Morgan fingerprint density at radius 1 is 1.17 bits per heavy atom. The first kappa shape index (κ1) is 21.4. The zero-order chi connectivity index (χ0) is 21.5. The molecule has 0 saturated heterocycles. The van der Waals surface area contributed by atoms with E-state index < -0.39 is 5.82 Å². The minimum Gasteiger partial charge on any atom is -0.491 e. The lowest BCUT2D eigenvalue weighted by atomic mass is 9.99. The molecular weight excluding hydrogens is 381 g/mol. The van der Waals surface area contributed by atoms with Crippen LogP contribution in [0.15, 0.2) is 65.5 Å². The molecule has 3 rings (SSSR count). The lowest BCUT2D eigenvalue weighted by molar-refractivity contribution is 0.297. The number of para-hydroxylation sites is 1. The van der Waals surface area contributed by atoms with Crippen molar-refractivity contribution in [3.8, 4) is 22.7 Å². The Kier molecular flexibility index (Phi) is 7.12. The van der Waals surface area contributed by atoms with Crippen LogP contribution in [0, 0.1) is 17.1 Å². The molecule has 0 spiro atoms. The molecule has 3 aromatic rings. The maximum Gasteiger partial charge on any atom is 0.271 e. The first-order valence-electron chi connectivity index (χ1n) is 10.2. The minimum absolute atomic E-state index is 0.171. The van der Waals surface area contributed by atoms with E-state index in [1.807, 2.05) is 25.1 Å². The van der Waals surface area contributed by atoms with Crippen molar-refractivity contribution >= 4 is 5.71 Å². The fraction of sp³-hybridized carbons (Fsp3) is 0.292. The number of rotatable bonds is 9.